The fourth-order valence-corrected chi connectivity index (χ4v) is 1.76. The first-order chi connectivity index (χ1) is 6.68. The Balaban J connectivity index is 2.24. The van der Waals surface area contributed by atoms with E-state index in [1.165, 1.54) is 11.1 Å². The quantitative estimate of drug-likeness (QED) is 0.716. The van der Waals surface area contributed by atoms with Crippen molar-refractivity contribution in [3.63, 3.8) is 0 Å². The van der Waals surface area contributed by atoms with Crippen molar-refractivity contribution in [3.8, 4) is 0 Å². The summed E-state index contributed by atoms with van der Waals surface area (Å²) in [5, 5.41) is 0. The Morgan fingerprint density at radius 2 is 1.79 bits per heavy atom. The van der Waals surface area contributed by atoms with Crippen LogP contribution in [0.4, 0.5) is 0 Å². The first kappa shape index (κ1) is 9.69. The fourth-order valence-electron chi connectivity index (χ4n) is 1.76. The van der Waals surface area contributed by atoms with E-state index in [1.54, 1.807) is 0 Å². The maximum absolute atomic E-state index is 5.49. The number of benzene rings is 1. The van der Waals surface area contributed by atoms with Gasteiger partial charge in [0.2, 0.25) is 0 Å². The van der Waals surface area contributed by atoms with E-state index in [0.717, 1.165) is 0 Å². The Morgan fingerprint density at radius 1 is 1.14 bits per heavy atom. The lowest BCUT2D eigenvalue weighted by atomic mass is 9.96. The first-order valence-corrected chi connectivity index (χ1v) is 5.08. The molecule has 0 aliphatic carbocycles. The average molecular weight is 192 g/mol. The van der Waals surface area contributed by atoms with Gasteiger partial charge in [-0.1, -0.05) is 38.1 Å². The molecule has 0 spiro atoms. The summed E-state index contributed by atoms with van der Waals surface area (Å²) in [5.74, 6) is 0.509. The zero-order chi connectivity index (χ0) is 10.1. The monoisotopic (exact) mass is 192 g/mol. The van der Waals surface area contributed by atoms with Gasteiger partial charge < -0.3 is 9.47 Å². The van der Waals surface area contributed by atoms with Crippen LogP contribution in [0.1, 0.15) is 44.1 Å². The van der Waals surface area contributed by atoms with Gasteiger partial charge in [-0.15, -0.1) is 0 Å². The third-order valence-corrected chi connectivity index (χ3v) is 2.50. The second kappa shape index (κ2) is 3.71. The van der Waals surface area contributed by atoms with Crippen molar-refractivity contribution in [1.82, 2.24) is 0 Å². The molecule has 0 N–H and O–H groups in total. The van der Waals surface area contributed by atoms with Gasteiger partial charge in [-0.2, -0.15) is 0 Å². The van der Waals surface area contributed by atoms with Crippen LogP contribution in [0.25, 0.3) is 0 Å². The van der Waals surface area contributed by atoms with E-state index in [-0.39, 0.29) is 12.6 Å². The molecule has 1 aromatic rings. The summed E-state index contributed by atoms with van der Waals surface area (Å²) in [7, 11) is 0. The summed E-state index contributed by atoms with van der Waals surface area (Å²) in [6, 6.07) is 8.29. The molecule has 2 nitrogen and oxygen atoms in total. The van der Waals surface area contributed by atoms with Gasteiger partial charge in [0.05, 0.1) is 0 Å². The van der Waals surface area contributed by atoms with Crippen molar-refractivity contribution in [2.75, 3.05) is 0 Å². The normalized spacial score (nSPS) is 26.3. The highest BCUT2D eigenvalue weighted by molar-refractivity contribution is 5.31. The fraction of sp³-hybridized carbons (Fsp3) is 0.500. The van der Waals surface area contributed by atoms with E-state index < -0.39 is 0 Å². The van der Waals surface area contributed by atoms with E-state index >= 15 is 0 Å². The topological polar surface area (TPSA) is 18.5 Å². The van der Waals surface area contributed by atoms with E-state index in [0.29, 0.717) is 5.92 Å². The predicted octanol–water partition coefficient (Wildman–Crippen LogP) is 3.20. The van der Waals surface area contributed by atoms with Gasteiger partial charge >= 0.3 is 0 Å². The van der Waals surface area contributed by atoms with Crippen LogP contribution in [0.5, 0.6) is 0 Å². The largest absolute Gasteiger partial charge is 0.320 e. The molecule has 1 aliphatic rings. The highest BCUT2D eigenvalue weighted by Gasteiger charge is 2.30. The molecule has 76 valence electrons. The Morgan fingerprint density at radius 3 is 2.36 bits per heavy atom. The molecule has 0 saturated carbocycles. The Labute approximate surface area is 84.8 Å². The Bertz CT molecular complexity index is 314. The van der Waals surface area contributed by atoms with Crippen LogP contribution in [-0.2, 0) is 9.47 Å². The lowest BCUT2D eigenvalue weighted by Crippen LogP contribution is -2.32. The molecule has 0 radical (unpaired) electrons. The SMILES string of the molecule is CC1OC(c2ccccc2C(C)C)O1. The maximum Gasteiger partial charge on any atom is 0.190 e. The highest BCUT2D eigenvalue weighted by atomic mass is 16.9. The van der Waals surface area contributed by atoms with Crippen molar-refractivity contribution in [1.29, 1.82) is 0 Å². The van der Waals surface area contributed by atoms with Crippen molar-refractivity contribution < 1.29 is 9.47 Å². The van der Waals surface area contributed by atoms with Crippen molar-refractivity contribution in [3.05, 3.63) is 35.4 Å². The van der Waals surface area contributed by atoms with Crippen molar-refractivity contribution in [2.24, 2.45) is 0 Å². The van der Waals surface area contributed by atoms with E-state index in [1.807, 2.05) is 13.0 Å². The summed E-state index contributed by atoms with van der Waals surface area (Å²) in [4.78, 5) is 0. The minimum absolute atomic E-state index is 0.0554. The zero-order valence-corrected chi connectivity index (χ0v) is 8.86. The van der Waals surface area contributed by atoms with Gasteiger partial charge in [0.15, 0.2) is 12.6 Å². The maximum atomic E-state index is 5.49. The van der Waals surface area contributed by atoms with E-state index in [2.05, 4.69) is 32.0 Å². The molecule has 0 bridgehead atoms. The molecule has 0 amide bonds. The molecular weight excluding hydrogens is 176 g/mol. The van der Waals surface area contributed by atoms with Crippen LogP contribution in [0, 0.1) is 0 Å². The first-order valence-electron chi connectivity index (χ1n) is 5.08. The molecule has 1 fully saturated rings. The standard InChI is InChI=1S/C12H16O2/c1-8(2)10-6-4-5-7-11(10)12-13-9(3)14-12/h4-9,12H,1-3H3. The summed E-state index contributed by atoms with van der Waals surface area (Å²) >= 11 is 0. The lowest BCUT2D eigenvalue weighted by Gasteiger charge is -2.35. The molecule has 1 aliphatic heterocycles. The summed E-state index contributed by atoms with van der Waals surface area (Å²) in [6.07, 6.45) is -0.205. The van der Waals surface area contributed by atoms with Gasteiger partial charge in [0.25, 0.3) is 0 Å². The molecule has 0 atom stereocenters. The van der Waals surface area contributed by atoms with Gasteiger partial charge in [-0.3, -0.25) is 0 Å². The third-order valence-electron chi connectivity index (χ3n) is 2.50. The molecule has 1 aromatic carbocycles. The molecule has 14 heavy (non-hydrogen) atoms. The van der Waals surface area contributed by atoms with Crippen LogP contribution in [0.15, 0.2) is 24.3 Å². The van der Waals surface area contributed by atoms with Crippen LogP contribution in [-0.4, -0.2) is 6.29 Å². The van der Waals surface area contributed by atoms with Gasteiger partial charge in [0.1, 0.15) is 0 Å². The van der Waals surface area contributed by atoms with Crippen LogP contribution < -0.4 is 0 Å². The number of ether oxygens (including phenoxy) is 2. The van der Waals surface area contributed by atoms with Crippen molar-refractivity contribution >= 4 is 0 Å². The zero-order valence-electron chi connectivity index (χ0n) is 8.86. The van der Waals surface area contributed by atoms with Gasteiger partial charge in [-0.25, -0.2) is 0 Å². The molecule has 0 unspecified atom stereocenters. The third kappa shape index (κ3) is 1.68. The average Bonchev–Trinajstić information content (AvgIpc) is 2.13. The van der Waals surface area contributed by atoms with E-state index in [9.17, 15) is 0 Å². The number of rotatable bonds is 2. The van der Waals surface area contributed by atoms with Crippen LogP contribution in [0.3, 0.4) is 0 Å². The van der Waals surface area contributed by atoms with Crippen molar-refractivity contribution in [2.45, 2.75) is 39.3 Å². The minimum atomic E-state index is -0.149. The van der Waals surface area contributed by atoms with Crippen LogP contribution >= 0.6 is 0 Å². The van der Waals surface area contributed by atoms with Gasteiger partial charge in [-0.05, 0) is 18.4 Å². The highest BCUT2D eigenvalue weighted by Crippen LogP contribution is 2.35. The van der Waals surface area contributed by atoms with Crippen LogP contribution in [0.2, 0.25) is 0 Å². The smallest absolute Gasteiger partial charge is 0.190 e. The number of hydrogen-bond acceptors (Lipinski definition) is 2. The minimum Gasteiger partial charge on any atom is -0.320 e. The van der Waals surface area contributed by atoms with E-state index in [4.69, 9.17) is 9.47 Å². The molecular formula is C12H16O2. The summed E-state index contributed by atoms with van der Waals surface area (Å²) in [6.45, 7) is 6.27. The predicted molar refractivity (Wildman–Crippen MR) is 54.9 cm³/mol. The Hall–Kier alpha value is -0.860. The molecule has 1 heterocycles. The lowest BCUT2D eigenvalue weighted by molar-refractivity contribution is -0.382. The molecule has 1 saturated heterocycles. The molecule has 2 heteroatoms. The molecule has 0 aromatic heterocycles. The number of hydrogen-bond donors (Lipinski definition) is 0. The second-order valence-electron chi connectivity index (χ2n) is 3.96. The molecule has 2 rings (SSSR count). The van der Waals surface area contributed by atoms with Gasteiger partial charge in [0, 0.05) is 5.56 Å². The second-order valence-corrected chi connectivity index (χ2v) is 3.96. The Kier molecular flexibility index (Phi) is 2.57. The summed E-state index contributed by atoms with van der Waals surface area (Å²) < 4.78 is 11.0. The summed E-state index contributed by atoms with van der Waals surface area (Å²) in [5.41, 5.74) is 2.48.